The Bertz CT molecular complexity index is 589. The molecule has 0 aliphatic carbocycles. The molecule has 1 aromatic carbocycles. The molecule has 20 heavy (non-hydrogen) atoms. The lowest BCUT2D eigenvalue weighted by Crippen LogP contribution is -2.13. The maximum absolute atomic E-state index is 12.1. The highest BCUT2D eigenvalue weighted by molar-refractivity contribution is 6.04. The van der Waals surface area contributed by atoms with Gasteiger partial charge in [-0.15, -0.1) is 0 Å². The van der Waals surface area contributed by atoms with Crippen LogP contribution in [-0.4, -0.2) is 23.0 Å². The van der Waals surface area contributed by atoms with E-state index in [0.717, 1.165) is 11.3 Å². The number of aromatic hydroxyl groups is 1. The van der Waals surface area contributed by atoms with Crippen molar-refractivity contribution in [3.63, 3.8) is 0 Å². The maximum Gasteiger partial charge on any atom is 0.257 e. The summed E-state index contributed by atoms with van der Waals surface area (Å²) < 4.78 is 0. The predicted octanol–water partition coefficient (Wildman–Crippen LogP) is 2.07. The van der Waals surface area contributed by atoms with Gasteiger partial charge >= 0.3 is 0 Å². The van der Waals surface area contributed by atoms with E-state index in [1.54, 1.807) is 24.3 Å². The molecule has 0 spiro atoms. The first-order valence-corrected chi connectivity index (χ1v) is 6.30. The molecule has 0 saturated carbocycles. The number of phenols is 1. The first-order valence-electron chi connectivity index (χ1n) is 6.30. The van der Waals surface area contributed by atoms with Gasteiger partial charge in [0.25, 0.3) is 5.91 Å². The highest BCUT2D eigenvalue weighted by atomic mass is 16.3. The van der Waals surface area contributed by atoms with E-state index in [0.29, 0.717) is 17.8 Å². The number of nitrogens with zero attached hydrogens (tertiary/aromatic N) is 1. The number of pyridine rings is 1. The Morgan fingerprint density at radius 3 is 2.70 bits per heavy atom. The highest BCUT2D eigenvalue weighted by Gasteiger charge is 2.07. The topological polar surface area (TPSA) is 74.2 Å². The fourth-order valence-corrected chi connectivity index (χ4v) is 1.88. The molecular formula is C15H17N3O2. The molecular weight excluding hydrogens is 254 g/mol. The van der Waals surface area contributed by atoms with Crippen molar-refractivity contribution >= 4 is 11.6 Å². The summed E-state index contributed by atoms with van der Waals surface area (Å²) in [6, 6.07) is 8.46. The number of aryl methyl sites for hydroxylation is 1. The largest absolute Gasteiger partial charge is 0.508 e. The number of rotatable bonds is 4. The predicted molar refractivity (Wildman–Crippen MR) is 77.8 cm³/mol. The Labute approximate surface area is 117 Å². The number of phenolic OH excluding ortho intramolecular Hbond substituents is 1. The lowest BCUT2D eigenvalue weighted by molar-refractivity contribution is 0.102. The molecule has 1 heterocycles. The number of aromatic nitrogens is 1. The normalized spacial score (nSPS) is 10.3. The number of anilines is 1. The molecule has 2 rings (SSSR count). The van der Waals surface area contributed by atoms with E-state index < -0.39 is 0 Å². The first-order chi connectivity index (χ1) is 9.58. The molecule has 1 amide bonds. The number of carbonyl (C=O) groups is 1. The van der Waals surface area contributed by atoms with E-state index in [2.05, 4.69) is 15.6 Å². The van der Waals surface area contributed by atoms with E-state index >= 15 is 0 Å². The molecule has 5 heteroatoms. The molecule has 5 nitrogen and oxygen atoms in total. The Balaban J connectivity index is 2.11. The van der Waals surface area contributed by atoms with Crippen LogP contribution in [-0.2, 0) is 6.54 Å². The minimum Gasteiger partial charge on any atom is -0.508 e. The Morgan fingerprint density at radius 1 is 1.30 bits per heavy atom. The minimum atomic E-state index is -0.251. The molecule has 0 unspecified atom stereocenters. The molecule has 0 aliphatic heterocycles. The molecule has 0 aliphatic rings. The number of benzene rings is 1. The number of hydrogen-bond acceptors (Lipinski definition) is 4. The zero-order chi connectivity index (χ0) is 14.5. The molecule has 0 fully saturated rings. The van der Waals surface area contributed by atoms with Crippen LogP contribution in [0.25, 0.3) is 0 Å². The number of nitrogens with one attached hydrogen (secondary N) is 2. The van der Waals surface area contributed by atoms with E-state index in [-0.39, 0.29) is 11.7 Å². The second-order valence-corrected chi connectivity index (χ2v) is 4.58. The third-order valence-corrected chi connectivity index (χ3v) is 2.76. The van der Waals surface area contributed by atoms with Crippen LogP contribution in [0, 0.1) is 6.92 Å². The third kappa shape index (κ3) is 3.55. The van der Waals surface area contributed by atoms with Crippen LogP contribution in [0.5, 0.6) is 5.75 Å². The van der Waals surface area contributed by atoms with Gasteiger partial charge in [-0.1, -0.05) is 0 Å². The number of amides is 1. The second kappa shape index (κ2) is 6.16. The maximum atomic E-state index is 12.1. The fraction of sp³-hybridized carbons (Fsp3) is 0.200. The SMILES string of the molecule is CNCc1ccc(C(=O)Nc2cc(C)cc(O)c2)cn1. The summed E-state index contributed by atoms with van der Waals surface area (Å²) in [6.07, 6.45) is 1.54. The van der Waals surface area contributed by atoms with Gasteiger partial charge in [-0.25, -0.2) is 0 Å². The summed E-state index contributed by atoms with van der Waals surface area (Å²) in [4.78, 5) is 16.3. The quantitative estimate of drug-likeness (QED) is 0.796. The Kier molecular flexibility index (Phi) is 4.32. The van der Waals surface area contributed by atoms with Crippen LogP contribution < -0.4 is 10.6 Å². The van der Waals surface area contributed by atoms with Crippen molar-refractivity contribution in [2.45, 2.75) is 13.5 Å². The summed E-state index contributed by atoms with van der Waals surface area (Å²) in [5, 5.41) is 15.2. The first kappa shape index (κ1) is 14.0. The van der Waals surface area contributed by atoms with E-state index in [9.17, 15) is 9.90 Å². The lowest BCUT2D eigenvalue weighted by Gasteiger charge is -2.07. The van der Waals surface area contributed by atoms with Crippen molar-refractivity contribution in [1.29, 1.82) is 0 Å². The van der Waals surface area contributed by atoms with Gasteiger partial charge in [0.2, 0.25) is 0 Å². The molecule has 0 bridgehead atoms. The van der Waals surface area contributed by atoms with Gasteiger partial charge in [0.15, 0.2) is 0 Å². The Hall–Kier alpha value is -2.40. The van der Waals surface area contributed by atoms with Crippen molar-refractivity contribution in [3.8, 4) is 5.75 Å². The standard InChI is InChI=1S/C15H17N3O2/c1-10-5-13(7-14(19)6-10)18-15(20)11-3-4-12(9-16-2)17-8-11/h3-8,16,19H,9H2,1-2H3,(H,18,20). The van der Waals surface area contributed by atoms with Gasteiger partial charge in [0, 0.05) is 24.5 Å². The average molecular weight is 271 g/mol. The van der Waals surface area contributed by atoms with Crippen molar-refractivity contribution in [1.82, 2.24) is 10.3 Å². The van der Waals surface area contributed by atoms with Gasteiger partial charge in [-0.3, -0.25) is 9.78 Å². The summed E-state index contributed by atoms with van der Waals surface area (Å²) in [6.45, 7) is 2.51. The van der Waals surface area contributed by atoms with E-state index in [1.165, 1.54) is 12.3 Å². The molecule has 0 radical (unpaired) electrons. The Morgan fingerprint density at radius 2 is 2.10 bits per heavy atom. The van der Waals surface area contributed by atoms with Crippen LogP contribution in [0.1, 0.15) is 21.6 Å². The van der Waals surface area contributed by atoms with Crippen LogP contribution in [0.3, 0.4) is 0 Å². The van der Waals surface area contributed by atoms with Crippen molar-refractivity contribution in [2.24, 2.45) is 0 Å². The second-order valence-electron chi connectivity index (χ2n) is 4.58. The third-order valence-electron chi connectivity index (χ3n) is 2.76. The molecule has 0 atom stereocenters. The lowest BCUT2D eigenvalue weighted by atomic mass is 10.2. The van der Waals surface area contributed by atoms with Crippen molar-refractivity contribution < 1.29 is 9.90 Å². The average Bonchev–Trinajstić information content (AvgIpc) is 2.38. The van der Waals surface area contributed by atoms with E-state index in [1.807, 2.05) is 14.0 Å². The molecule has 1 aromatic heterocycles. The summed E-state index contributed by atoms with van der Waals surface area (Å²) in [5.74, 6) is -0.124. The minimum absolute atomic E-state index is 0.128. The van der Waals surface area contributed by atoms with Crippen molar-refractivity contribution in [2.75, 3.05) is 12.4 Å². The summed E-state index contributed by atoms with van der Waals surface area (Å²) in [7, 11) is 1.84. The highest BCUT2D eigenvalue weighted by Crippen LogP contribution is 2.19. The number of carbonyl (C=O) groups excluding carboxylic acids is 1. The van der Waals surface area contributed by atoms with E-state index in [4.69, 9.17) is 0 Å². The summed E-state index contributed by atoms with van der Waals surface area (Å²) in [5.41, 5.74) is 2.79. The van der Waals surface area contributed by atoms with Gasteiger partial charge in [0.05, 0.1) is 11.3 Å². The van der Waals surface area contributed by atoms with Gasteiger partial charge < -0.3 is 15.7 Å². The molecule has 3 N–H and O–H groups in total. The number of hydrogen-bond donors (Lipinski definition) is 3. The van der Waals surface area contributed by atoms with Gasteiger partial charge in [-0.2, -0.15) is 0 Å². The van der Waals surface area contributed by atoms with Gasteiger partial charge in [-0.05, 0) is 43.8 Å². The monoisotopic (exact) mass is 271 g/mol. The summed E-state index contributed by atoms with van der Waals surface area (Å²) >= 11 is 0. The zero-order valence-electron chi connectivity index (χ0n) is 11.5. The molecule has 0 saturated heterocycles. The van der Waals surface area contributed by atoms with Gasteiger partial charge in [0.1, 0.15) is 5.75 Å². The molecule has 2 aromatic rings. The van der Waals surface area contributed by atoms with Crippen molar-refractivity contribution in [3.05, 3.63) is 53.3 Å². The zero-order valence-corrected chi connectivity index (χ0v) is 11.5. The van der Waals surface area contributed by atoms with Crippen LogP contribution in [0.2, 0.25) is 0 Å². The van der Waals surface area contributed by atoms with Crippen LogP contribution in [0.4, 0.5) is 5.69 Å². The fourth-order valence-electron chi connectivity index (χ4n) is 1.88. The van der Waals surface area contributed by atoms with Crippen LogP contribution in [0.15, 0.2) is 36.5 Å². The molecule has 104 valence electrons. The van der Waals surface area contributed by atoms with Crippen LogP contribution >= 0.6 is 0 Å². The smallest absolute Gasteiger partial charge is 0.257 e.